The first kappa shape index (κ1) is 9.80. The van der Waals surface area contributed by atoms with Crippen molar-refractivity contribution in [3.63, 3.8) is 0 Å². The van der Waals surface area contributed by atoms with Crippen LogP contribution in [0.5, 0.6) is 0 Å². The smallest absolute Gasteiger partial charge is 0.123 e. The number of rotatable bonds is 2. The predicted molar refractivity (Wildman–Crippen MR) is 52.7 cm³/mol. The summed E-state index contributed by atoms with van der Waals surface area (Å²) in [6, 6.07) is 6.46. The first-order valence-corrected chi connectivity index (χ1v) is 4.26. The lowest BCUT2D eigenvalue weighted by molar-refractivity contribution is 0.501. The molecule has 1 aromatic carbocycles. The van der Waals surface area contributed by atoms with Gasteiger partial charge in [0.05, 0.1) is 0 Å². The second-order valence-corrected chi connectivity index (χ2v) is 3.83. The maximum absolute atomic E-state index is 12.6. The van der Waals surface area contributed by atoms with Crippen LogP contribution in [0, 0.1) is 23.6 Å². The third kappa shape index (κ3) is 2.91. The fourth-order valence-corrected chi connectivity index (χ4v) is 1.16. The van der Waals surface area contributed by atoms with Crippen LogP contribution in [0.3, 0.4) is 0 Å². The highest BCUT2D eigenvalue weighted by Gasteiger charge is 2.14. The Kier molecular flexibility index (Phi) is 2.72. The van der Waals surface area contributed by atoms with Crippen molar-refractivity contribution in [3.05, 3.63) is 35.6 Å². The van der Waals surface area contributed by atoms with E-state index < -0.39 is 0 Å². The van der Waals surface area contributed by atoms with Crippen molar-refractivity contribution in [1.82, 2.24) is 0 Å². The molecule has 0 aliphatic heterocycles. The molecule has 68 valence electrons. The highest BCUT2D eigenvalue weighted by Crippen LogP contribution is 2.20. The molecule has 1 aromatic rings. The largest absolute Gasteiger partial charge is 0.207 e. The fourth-order valence-electron chi connectivity index (χ4n) is 1.16. The molecule has 13 heavy (non-hydrogen) atoms. The summed E-state index contributed by atoms with van der Waals surface area (Å²) in [5, 5.41) is 0. The lowest BCUT2D eigenvalue weighted by atomic mass is 9.87. The average Bonchev–Trinajstić information content (AvgIpc) is 2.09. The van der Waals surface area contributed by atoms with Crippen LogP contribution in [0.15, 0.2) is 24.3 Å². The summed E-state index contributed by atoms with van der Waals surface area (Å²) >= 11 is 0. The molecule has 0 aliphatic carbocycles. The van der Waals surface area contributed by atoms with Gasteiger partial charge in [-0.15, -0.1) is 12.3 Å². The van der Waals surface area contributed by atoms with Crippen LogP contribution >= 0.6 is 0 Å². The van der Waals surface area contributed by atoms with Gasteiger partial charge in [-0.2, -0.15) is 0 Å². The number of hydrogen-bond donors (Lipinski definition) is 0. The van der Waals surface area contributed by atoms with E-state index in [1.165, 1.54) is 12.1 Å². The van der Waals surface area contributed by atoms with E-state index in [0.717, 1.165) is 12.0 Å². The van der Waals surface area contributed by atoms with Gasteiger partial charge in [-0.25, -0.2) is 4.39 Å². The van der Waals surface area contributed by atoms with Crippen molar-refractivity contribution in [2.75, 3.05) is 0 Å². The van der Waals surface area contributed by atoms with Crippen LogP contribution in [-0.2, 0) is 6.42 Å². The van der Waals surface area contributed by atoms with E-state index in [2.05, 4.69) is 5.92 Å². The molecule has 1 rings (SSSR count). The van der Waals surface area contributed by atoms with Crippen LogP contribution in [-0.4, -0.2) is 0 Å². The molecule has 1 heteroatoms. The van der Waals surface area contributed by atoms with Crippen LogP contribution in [0.2, 0.25) is 0 Å². The van der Waals surface area contributed by atoms with Gasteiger partial charge in [0, 0.05) is 5.41 Å². The van der Waals surface area contributed by atoms with Crippen molar-refractivity contribution >= 4 is 0 Å². The van der Waals surface area contributed by atoms with Crippen molar-refractivity contribution < 1.29 is 4.39 Å². The maximum Gasteiger partial charge on any atom is 0.123 e. The highest BCUT2D eigenvalue weighted by molar-refractivity contribution is 5.20. The maximum atomic E-state index is 12.6. The minimum atomic E-state index is -0.206. The molecule has 0 saturated heterocycles. The summed E-state index contributed by atoms with van der Waals surface area (Å²) in [6.07, 6.45) is 6.14. The first-order valence-electron chi connectivity index (χ1n) is 4.26. The van der Waals surface area contributed by atoms with Gasteiger partial charge in [0.15, 0.2) is 0 Å². The molecule has 0 bridgehead atoms. The van der Waals surface area contributed by atoms with E-state index in [4.69, 9.17) is 6.42 Å². The zero-order valence-corrected chi connectivity index (χ0v) is 7.97. The predicted octanol–water partition coefficient (Wildman–Crippen LogP) is 3.03. The second kappa shape index (κ2) is 3.62. The van der Waals surface area contributed by atoms with Crippen LogP contribution in [0.25, 0.3) is 0 Å². The summed E-state index contributed by atoms with van der Waals surface area (Å²) in [5.41, 5.74) is 0.919. The SMILES string of the molecule is C#CC(C)(C)Cc1ccc(F)cc1. The van der Waals surface area contributed by atoms with Gasteiger partial charge >= 0.3 is 0 Å². The zero-order valence-electron chi connectivity index (χ0n) is 7.97. The Balaban J connectivity index is 2.77. The molecule has 0 fully saturated rings. The minimum Gasteiger partial charge on any atom is -0.207 e. The summed E-state index contributed by atoms with van der Waals surface area (Å²) < 4.78 is 12.6. The van der Waals surface area contributed by atoms with E-state index >= 15 is 0 Å². The van der Waals surface area contributed by atoms with E-state index in [1.807, 2.05) is 13.8 Å². The number of hydrogen-bond acceptors (Lipinski definition) is 0. The molecule has 0 spiro atoms. The Bertz CT molecular complexity index is 314. The molecule has 0 amide bonds. The summed E-state index contributed by atoms with van der Waals surface area (Å²) in [6.45, 7) is 3.99. The van der Waals surface area contributed by atoms with Gasteiger partial charge in [0.25, 0.3) is 0 Å². The molecule has 0 radical (unpaired) electrons. The molecule has 0 aliphatic rings. The van der Waals surface area contributed by atoms with Gasteiger partial charge in [-0.05, 0) is 38.0 Å². The number of terminal acetylenes is 1. The molecule has 0 aromatic heterocycles. The molecular weight excluding hydrogens is 163 g/mol. The minimum absolute atomic E-state index is 0.155. The molecule has 0 nitrogen and oxygen atoms in total. The van der Waals surface area contributed by atoms with E-state index in [9.17, 15) is 4.39 Å². The Labute approximate surface area is 78.8 Å². The molecule has 0 saturated carbocycles. The van der Waals surface area contributed by atoms with Crippen molar-refractivity contribution in [2.24, 2.45) is 5.41 Å². The van der Waals surface area contributed by atoms with Crippen LogP contribution < -0.4 is 0 Å². The zero-order chi connectivity index (χ0) is 9.90. The molecular formula is C12H13F. The van der Waals surface area contributed by atoms with Crippen LogP contribution in [0.4, 0.5) is 4.39 Å². The van der Waals surface area contributed by atoms with E-state index in [0.29, 0.717) is 0 Å². The summed E-state index contributed by atoms with van der Waals surface area (Å²) in [4.78, 5) is 0. The van der Waals surface area contributed by atoms with Crippen molar-refractivity contribution in [3.8, 4) is 12.3 Å². The van der Waals surface area contributed by atoms with Gasteiger partial charge in [-0.1, -0.05) is 12.1 Å². The Morgan fingerprint density at radius 2 is 1.85 bits per heavy atom. The second-order valence-electron chi connectivity index (χ2n) is 3.83. The summed E-state index contributed by atoms with van der Waals surface area (Å²) in [7, 11) is 0. The molecule has 0 atom stereocenters. The van der Waals surface area contributed by atoms with Gasteiger partial charge in [0.2, 0.25) is 0 Å². The average molecular weight is 176 g/mol. The summed E-state index contributed by atoms with van der Waals surface area (Å²) in [5.74, 6) is 2.50. The number of benzene rings is 1. The molecule has 0 heterocycles. The quantitative estimate of drug-likeness (QED) is 0.607. The normalized spacial score (nSPS) is 10.9. The third-order valence-electron chi connectivity index (χ3n) is 1.95. The Morgan fingerprint density at radius 3 is 2.31 bits per heavy atom. The lowest BCUT2D eigenvalue weighted by Gasteiger charge is -2.16. The lowest BCUT2D eigenvalue weighted by Crippen LogP contribution is -2.11. The van der Waals surface area contributed by atoms with Gasteiger partial charge < -0.3 is 0 Å². The van der Waals surface area contributed by atoms with Gasteiger partial charge in [-0.3, -0.25) is 0 Å². The van der Waals surface area contributed by atoms with E-state index in [-0.39, 0.29) is 11.2 Å². The standard InChI is InChI=1S/C12H13F/c1-4-12(2,3)9-10-5-7-11(13)8-6-10/h1,5-8H,9H2,2-3H3. The van der Waals surface area contributed by atoms with E-state index in [1.54, 1.807) is 12.1 Å². The van der Waals surface area contributed by atoms with Crippen molar-refractivity contribution in [1.29, 1.82) is 0 Å². The fraction of sp³-hybridized carbons (Fsp3) is 0.333. The topological polar surface area (TPSA) is 0 Å². The Morgan fingerprint density at radius 1 is 1.31 bits per heavy atom. The number of halogens is 1. The van der Waals surface area contributed by atoms with Crippen LogP contribution in [0.1, 0.15) is 19.4 Å². The van der Waals surface area contributed by atoms with Crippen molar-refractivity contribution in [2.45, 2.75) is 20.3 Å². The monoisotopic (exact) mass is 176 g/mol. The molecule has 0 unspecified atom stereocenters. The Hall–Kier alpha value is -1.29. The van der Waals surface area contributed by atoms with Gasteiger partial charge in [0.1, 0.15) is 5.82 Å². The third-order valence-corrected chi connectivity index (χ3v) is 1.95. The molecule has 0 N–H and O–H groups in total. The highest BCUT2D eigenvalue weighted by atomic mass is 19.1. The first-order chi connectivity index (χ1) is 6.03.